The molecular weight excluding hydrogens is 288 g/mol. The highest BCUT2D eigenvalue weighted by molar-refractivity contribution is 5.64. The predicted molar refractivity (Wildman–Crippen MR) is 45.8 cm³/mol. The molecule has 0 bridgehead atoms. The average Bonchev–Trinajstić information content (AvgIpc) is 2.60. The molecule has 1 unspecified atom stereocenters. The van der Waals surface area contributed by atoms with Gasteiger partial charge in [-0.1, -0.05) is 0 Å². The van der Waals surface area contributed by atoms with E-state index in [1.54, 1.807) is 0 Å². The minimum Gasteiger partial charge on any atom is -0.450 e. The van der Waals surface area contributed by atoms with Crippen LogP contribution in [0.5, 0.6) is 0 Å². The molecule has 0 aromatic carbocycles. The van der Waals surface area contributed by atoms with Gasteiger partial charge in [0.05, 0.1) is 19.3 Å². The van der Waals surface area contributed by atoms with E-state index < -0.39 is 50.0 Å². The van der Waals surface area contributed by atoms with Crippen LogP contribution < -0.4 is 5.73 Å². The number of alkyl halides is 6. The zero-order valence-corrected chi connectivity index (χ0v) is 9.18. The van der Waals surface area contributed by atoms with E-state index in [4.69, 9.17) is 0 Å². The first-order valence-electron chi connectivity index (χ1n) is 4.87. The number of hydrogen-bond acceptors (Lipinski definition) is 4. The number of nitrogens with two attached hydrogens (primary N) is 1. The van der Waals surface area contributed by atoms with Crippen LogP contribution in [-0.4, -0.2) is 43.6 Å². The Morgan fingerprint density at radius 2 is 1.79 bits per heavy atom. The molecular formula is C8H9F6NO4. The van der Waals surface area contributed by atoms with Crippen molar-refractivity contribution in [3.05, 3.63) is 0 Å². The highest BCUT2D eigenvalue weighted by Crippen LogP contribution is 2.50. The lowest BCUT2D eigenvalue weighted by molar-refractivity contribution is -0.443. The lowest BCUT2D eigenvalue weighted by atomic mass is 10.2. The average molecular weight is 297 g/mol. The minimum atomic E-state index is -5.77. The van der Waals surface area contributed by atoms with Gasteiger partial charge in [-0.15, -0.1) is 0 Å². The Bertz CT molecular complexity index is 327. The Balaban J connectivity index is 2.71. The Kier molecular flexibility index (Phi) is 4.20. The normalized spacial score (nSPS) is 23.4. The third kappa shape index (κ3) is 3.21. The molecule has 0 radical (unpaired) electrons. The molecule has 0 aromatic heterocycles. The number of primary amides is 1. The first-order chi connectivity index (χ1) is 8.49. The lowest BCUT2D eigenvalue weighted by Crippen LogP contribution is -2.58. The summed E-state index contributed by atoms with van der Waals surface area (Å²) in [4.78, 5) is 10.2. The maximum absolute atomic E-state index is 12.5. The third-order valence-electron chi connectivity index (χ3n) is 2.24. The van der Waals surface area contributed by atoms with Crippen molar-refractivity contribution in [1.29, 1.82) is 0 Å². The van der Waals surface area contributed by atoms with Gasteiger partial charge >= 0.3 is 24.2 Å². The fourth-order valence-corrected chi connectivity index (χ4v) is 1.40. The molecule has 2 N–H and O–H groups in total. The van der Waals surface area contributed by atoms with Gasteiger partial charge in [0.1, 0.15) is 0 Å². The van der Waals surface area contributed by atoms with Gasteiger partial charge in [0.15, 0.2) is 0 Å². The molecule has 1 amide bonds. The Labute approximate surface area is 102 Å². The SMILES string of the molecule is NC(=O)OCCC1COC(C(F)(F)F)(C(F)(F)F)O1. The number of hydrogen-bond donors (Lipinski definition) is 1. The van der Waals surface area contributed by atoms with E-state index in [2.05, 4.69) is 19.9 Å². The number of rotatable bonds is 3. The summed E-state index contributed by atoms with van der Waals surface area (Å²) in [5.74, 6) is -4.64. The van der Waals surface area contributed by atoms with Gasteiger partial charge in [-0.25, -0.2) is 4.79 Å². The minimum absolute atomic E-state index is 0.406. The molecule has 1 rings (SSSR count). The van der Waals surface area contributed by atoms with Gasteiger partial charge < -0.3 is 19.9 Å². The van der Waals surface area contributed by atoms with Crippen molar-refractivity contribution in [2.24, 2.45) is 5.73 Å². The molecule has 1 aliphatic heterocycles. The molecule has 0 aliphatic carbocycles. The van der Waals surface area contributed by atoms with E-state index in [1.165, 1.54) is 0 Å². The number of carbonyl (C=O) groups excluding carboxylic acids is 1. The van der Waals surface area contributed by atoms with Gasteiger partial charge in [-0.05, 0) is 0 Å². The van der Waals surface area contributed by atoms with Crippen LogP contribution in [0.4, 0.5) is 31.1 Å². The van der Waals surface area contributed by atoms with Crippen LogP contribution in [0.3, 0.4) is 0 Å². The van der Waals surface area contributed by atoms with Gasteiger partial charge in [-0.3, -0.25) is 0 Å². The van der Waals surface area contributed by atoms with Crippen LogP contribution in [-0.2, 0) is 14.2 Å². The summed E-state index contributed by atoms with van der Waals surface area (Å²) in [6, 6.07) is 0. The van der Waals surface area contributed by atoms with Crippen LogP contribution in [0.2, 0.25) is 0 Å². The third-order valence-corrected chi connectivity index (χ3v) is 2.24. The summed E-state index contributed by atoms with van der Waals surface area (Å²) in [7, 11) is 0. The van der Waals surface area contributed by atoms with Crippen molar-refractivity contribution in [2.45, 2.75) is 30.7 Å². The lowest BCUT2D eigenvalue weighted by Gasteiger charge is -2.31. The van der Waals surface area contributed by atoms with Crippen LogP contribution in [0, 0.1) is 0 Å². The second-order valence-corrected chi connectivity index (χ2v) is 3.62. The quantitative estimate of drug-likeness (QED) is 0.805. The molecule has 5 nitrogen and oxygen atoms in total. The van der Waals surface area contributed by atoms with Crippen LogP contribution in [0.1, 0.15) is 6.42 Å². The molecule has 1 fully saturated rings. The summed E-state index contributed by atoms with van der Waals surface area (Å²) in [6.07, 6.45) is -14.7. The van der Waals surface area contributed by atoms with Crippen molar-refractivity contribution in [3.8, 4) is 0 Å². The summed E-state index contributed by atoms with van der Waals surface area (Å²) in [5.41, 5.74) is 4.58. The smallest absolute Gasteiger partial charge is 0.450 e. The first kappa shape index (κ1) is 15.8. The Morgan fingerprint density at radius 3 is 2.16 bits per heavy atom. The molecule has 11 heteroatoms. The Morgan fingerprint density at radius 1 is 1.26 bits per heavy atom. The second-order valence-electron chi connectivity index (χ2n) is 3.62. The maximum atomic E-state index is 12.5. The monoisotopic (exact) mass is 297 g/mol. The van der Waals surface area contributed by atoms with Gasteiger partial charge in [-0.2, -0.15) is 26.3 Å². The molecule has 1 heterocycles. The van der Waals surface area contributed by atoms with Crippen molar-refractivity contribution in [1.82, 2.24) is 0 Å². The zero-order chi connectivity index (χ0) is 14.9. The number of amides is 1. The van der Waals surface area contributed by atoms with Crippen molar-refractivity contribution >= 4 is 6.09 Å². The molecule has 0 aromatic rings. The highest BCUT2D eigenvalue weighted by atomic mass is 19.4. The molecule has 19 heavy (non-hydrogen) atoms. The summed E-state index contributed by atoms with van der Waals surface area (Å²) in [5, 5.41) is 0. The van der Waals surface area contributed by atoms with Gasteiger partial charge in [0.25, 0.3) is 0 Å². The largest absolute Gasteiger partial charge is 0.453 e. The van der Waals surface area contributed by atoms with Gasteiger partial charge in [0.2, 0.25) is 0 Å². The maximum Gasteiger partial charge on any atom is 0.453 e. The summed E-state index contributed by atoms with van der Waals surface area (Å²) >= 11 is 0. The van der Waals surface area contributed by atoms with Gasteiger partial charge in [0, 0.05) is 6.42 Å². The topological polar surface area (TPSA) is 70.8 Å². The van der Waals surface area contributed by atoms with E-state index in [-0.39, 0.29) is 0 Å². The number of halogens is 6. The van der Waals surface area contributed by atoms with Crippen molar-refractivity contribution < 1.29 is 45.3 Å². The fraction of sp³-hybridized carbons (Fsp3) is 0.875. The summed E-state index contributed by atoms with van der Waals surface area (Å²) < 4.78 is 86.7. The summed E-state index contributed by atoms with van der Waals surface area (Å²) in [6.45, 7) is -1.41. The van der Waals surface area contributed by atoms with E-state index in [9.17, 15) is 31.1 Å². The van der Waals surface area contributed by atoms with Crippen molar-refractivity contribution in [2.75, 3.05) is 13.2 Å². The molecule has 0 saturated carbocycles. The number of carbonyl (C=O) groups is 1. The van der Waals surface area contributed by atoms with Crippen LogP contribution in [0.15, 0.2) is 0 Å². The predicted octanol–water partition coefficient (Wildman–Crippen LogP) is 1.71. The fourth-order valence-electron chi connectivity index (χ4n) is 1.40. The van der Waals surface area contributed by atoms with E-state index in [0.29, 0.717) is 0 Å². The van der Waals surface area contributed by atoms with E-state index >= 15 is 0 Å². The molecule has 1 aliphatic rings. The molecule has 0 spiro atoms. The van der Waals surface area contributed by atoms with E-state index in [0.717, 1.165) is 0 Å². The molecule has 1 atom stereocenters. The first-order valence-corrected chi connectivity index (χ1v) is 4.87. The highest BCUT2D eigenvalue weighted by Gasteiger charge is 2.77. The Hall–Kier alpha value is -1.23. The molecule has 1 saturated heterocycles. The zero-order valence-electron chi connectivity index (χ0n) is 9.18. The van der Waals surface area contributed by atoms with Crippen LogP contribution >= 0.6 is 0 Å². The van der Waals surface area contributed by atoms with E-state index in [1.807, 2.05) is 0 Å². The number of ether oxygens (including phenoxy) is 3. The molecule has 112 valence electrons. The van der Waals surface area contributed by atoms with Crippen molar-refractivity contribution in [3.63, 3.8) is 0 Å². The van der Waals surface area contributed by atoms with Crippen LogP contribution in [0.25, 0.3) is 0 Å². The standard InChI is InChI=1S/C8H9F6NO4/c9-7(10,11)6(8(12,13)14)18-3-4(19-6)1-2-17-5(15)16/h4H,1-3H2,(H2,15,16). The second kappa shape index (κ2) is 5.04.